The predicted octanol–water partition coefficient (Wildman–Crippen LogP) is 2.14. The van der Waals surface area contributed by atoms with E-state index in [4.69, 9.17) is 0 Å². The fourth-order valence-corrected chi connectivity index (χ4v) is 1.89. The fourth-order valence-electron chi connectivity index (χ4n) is 1.89. The quantitative estimate of drug-likeness (QED) is 0.779. The van der Waals surface area contributed by atoms with Gasteiger partial charge in [0, 0.05) is 23.7 Å². The topological polar surface area (TPSA) is 29.1 Å². The number of Topliss-reactive ketones (excluding diaryl/α,β-unsaturated/α-hetero) is 1. The first-order valence-corrected chi connectivity index (χ1v) is 4.70. The summed E-state index contributed by atoms with van der Waals surface area (Å²) in [5, 5.41) is 3.15. The maximum absolute atomic E-state index is 13.3. The Kier molecular flexibility index (Phi) is 2.23. The molecule has 0 aromatic heterocycles. The Morgan fingerprint density at radius 1 is 1.64 bits per heavy atom. The lowest BCUT2D eigenvalue weighted by atomic mass is 10.1. The summed E-state index contributed by atoms with van der Waals surface area (Å²) in [4.78, 5) is 10.9. The molecule has 2 rings (SSSR count). The van der Waals surface area contributed by atoms with Gasteiger partial charge in [-0.1, -0.05) is 6.07 Å². The van der Waals surface area contributed by atoms with E-state index in [1.165, 1.54) is 6.07 Å². The maximum atomic E-state index is 13.3. The Morgan fingerprint density at radius 3 is 3.07 bits per heavy atom. The molecule has 0 spiro atoms. The van der Waals surface area contributed by atoms with E-state index in [1.54, 1.807) is 13.0 Å². The van der Waals surface area contributed by atoms with E-state index in [0.29, 0.717) is 18.4 Å². The summed E-state index contributed by atoms with van der Waals surface area (Å²) in [5.74, 6) is -0.0447. The van der Waals surface area contributed by atoms with Crippen molar-refractivity contribution in [2.24, 2.45) is 0 Å². The summed E-state index contributed by atoms with van der Waals surface area (Å²) in [5.41, 5.74) is 1.54. The van der Waals surface area contributed by atoms with Gasteiger partial charge in [-0.05, 0) is 25.5 Å². The van der Waals surface area contributed by atoms with Gasteiger partial charge >= 0.3 is 0 Å². The van der Waals surface area contributed by atoms with Gasteiger partial charge in [0.15, 0.2) is 0 Å². The number of carbonyl (C=O) groups excluding carboxylic acids is 1. The van der Waals surface area contributed by atoms with Crippen molar-refractivity contribution in [3.8, 4) is 0 Å². The molecule has 0 bridgehead atoms. The number of nitrogens with one attached hydrogen (secondary N) is 1. The van der Waals surface area contributed by atoms with Crippen LogP contribution in [0, 0.1) is 5.82 Å². The molecule has 1 aromatic rings. The van der Waals surface area contributed by atoms with Crippen LogP contribution in [0.2, 0.25) is 0 Å². The van der Waals surface area contributed by atoms with E-state index >= 15 is 0 Å². The van der Waals surface area contributed by atoms with Crippen molar-refractivity contribution in [3.63, 3.8) is 0 Å². The van der Waals surface area contributed by atoms with E-state index in [1.807, 2.05) is 6.07 Å². The lowest BCUT2D eigenvalue weighted by molar-refractivity contribution is -0.117. The van der Waals surface area contributed by atoms with Crippen LogP contribution in [0.5, 0.6) is 0 Å². The molecule has 1 aliphatic heterocycles. The smallest absolute Gasteiger partial charge is 0.131 e. The molecule has 1 aromatic carbocycles. The van der Waals surface area contributed by atoms with Gasteiger partial charge in [-0.25, -0.2) is 4.39 Å². The number of ketones is 1. The van der Waals surface area contributed by atoms with Crippen LogP contribution < -0.4 is 5.32 Å². The van der Waals surface area contributed by atoms with Gasteiger partial charge in [-0.15, -0.1) is 0 Å². The molecular weight excluding hydrogens is 181 g/mol. The zero-order valence-electron chi connectivity index (χ0n) is 8.01. The third-order valence-corrected chi connectivity index (χ3v) is 2.46. The van der Waals surface area contributed by atoms with Crippen LogP contribution >= 0.6 is 0 Å². The molecule has 3 heteroatoms. The lowest BCUT2D eigenvalue weighted by Crippen LogP contribution is -2.18. The monoisotopic (exact) mass is 193 g/mol. The number of carbonyl (C=O) groups is 1. The minimum atomic E-state index is -0.180. The summed E-state index contributed by atoms with van der Waals surface area (Å²) >= 11 is 0. The second-order valence-electron chi connectivity index (χ2n) is 3.72. The van der Waals surface area contributed by atoms with Gasteiger partial charge < -0.3 is 5.32 Å². The van der Waals surface area contributed by atoms with Crippen molar-refractivity contribution in [2.75, 3.05) is 5.32 Å². The molecule has 0 amide bonds. The van der Waals surface area contributed by atoms with Crippen LogP contribution in [0.25, 0.3) is 0 Å². The molecule has 0 saturated heterocycles. The number of halogens is 1. The van der Waals surface area contributed by atoms with Crippen LogP contribution in [0.4, 0.5) is 10.1 Å². The summed E-state index contributed by atoms with van der Waals surface area (Å²) in [6.45, 7) is 1.56. The molecule has 0 aliphatic carbocycles. The average Bonchev–Trinajstić information content (AvgIpc) is 2.47. The number of rotatable bonds is 2. The normalized spacial score (nSPS) is 18.9. The zero-order valence-corrected chi connectivity index (χ0v) is 8.01. The van der Waals surface area contributed by atoms with Crippen molar-refractivity contribution in [3.05, 3.63) is 29.6 Å². The highest BCUT2D eigenvalue weighted by Gasteiger charge is 2.23. The molecule has 14 heavy (non-hydrogen) atoms. The Balaban J connectivity index is 2.18. The second kappa shape index (κ2) is 3.40. The Morgan fingerprint density at radius 2 is 2.43 bits per heavy atom. The van der Waals surface area contributed by atoms with Crippen LogP contribution in [0.3, 0.4) is 0 Å². The van der Waals surface area contributed by atoms with E-state index in [2.05, 4.69) is 5.32 Å². The van der Waals surface area contributed by atoms with Crippen molar-refractivity contribution in [1.29, 1.82) is 0 Å². The van der Waals surface area contributed by atoms with Gasteiger partial charge in [0.1, 0.15) is 11.6 Å². The number of fused-ring (bicyclic) bond motifs is 1. The largest absolute Gasteiger partial charge is 0.381 e. The molecule has 1 atom stereocenters. The average molecular weight is 193 g/mol. The Bertz CT molecular complexity index is 376. The molecule has 0 radical (unpaired) electrons. The van der Waals surface area contributed by atoms with Gasteiger partial charge in [-0.3, -0.25) is 4.79 Å². The van der Waals surface area contributed by atoms with Crippen LogP contribution in [-0.4, -0.2) is 11.8 Å². The lowest BCUT2D eigenvalue weighted by Gasteiger charge is -2.07. The summed E-state index contributed by atoms with van der Waals surface area (Å²) in [6.07, 6.45) is 1.08. The van der Waals surface area contributed by atoms with Crippen LogP contribution in [-0.2, 0) is 11.2 Å². The summed E-state index contributed by atoms with van der Waals surface area (Å²) in [6, 6.07) is 5.05. The summed E-state index contributed by atoms with van der Waals surface area (Å²) < 4.78 is 13.3. The molecule has 2 nitrogen and oxygen atoms in total. The van der Waals surface area contributed by atoms with E-state index in [9.17, 15) is 9.18 Å². The zero-order chi connectivity index (χ0) is 10.1. The molecule has 0 fully saturated rings. The van der Waals surface area contributed by atoms with Gasteiger partial charge in [0.05, 0.1) is 0 Å². The number of hydrogen-bond acceptors (Lipinski definition) is 2. The van der Waals surface area contributed by atoms with Gasteiger partial charge in [0.25, 0.3) is 0 Å². The second-order valence-corrected chi connectivity index (χ2v) is 3.72. The first-order valence-electron chi connectivity index (χ1n) is 4.70. The van der Waals surface area contributed by atoms with Crippen molar-refractivity contribution < 1.29 is 9.18 Å². The molecular formula is C11H12FNO. The molecule has 1 aliphatic rings. The Labute approximate surface area is 82.1 Å². The van der Waals surface area contributed by atoms with Crippen molar-refractivity contribution in [1.82, 2.24) is 0 Å². The fraction of sp³-hybridized carbons (Fsp3) is 0.364. The van der Waals surface area contributed by atoms with Gasteiger partial charge in [0.2, 0.25) is 0 Å². The first kappa shape index (κ1) is 9.19. The third-order valence-electron chi connectivity index (χ3n) is 2.46. The highest BCUT2D eigenvalue weighted by atomic mass is 19.1. The van der Waals surface area contributed by atoms with Crippen LogP contribution in [0.1, 0.15) is 18.9 Å². The van der Waals surface area contributed by atoms with Crippen molar-refractivity contribution in [2.45, 2.75) is 25.8 Å². The summed E-state index contributed by atoms with van der Waals surface area (Å²) in [7, 11) is 0. The maximum Gasteiger partial charge on any atom is 0.131 e. The highest BCUT2D eigenvalue weighted by molar-refractivity contribution is 5.77. The minimum absolute atomic E-state index is 0.0689. The minimum Gasteiger partial charge on any atom is -0.381 e. The van der Waals surface area contributed by atoms with E-state index in [-0.39, 0.29) is 17.6 Å². The first-order chi connectivity index (χ1) is 6.66. The molecule has 0 saturated carbocycles. The molecule has 1 unspecified atom stereocenters. The number of hydrogen-bond donors (Lipinski definition) is 1. The highest BCUT2D eigenvalue weighted by Crippen LogP contribution is 2.28. The Hall–Kier alpha value is -1.38. The standard InChI is InChI=1S/C11H12FNO/c1-7(14)5-8-6-9-10(12)3-2-4-11(9)13-8/h2-4,8,13H,5-6H2,1H3. The number of anilines is 1. The van der Waals surface area contributed by atoms with Crippen LogP contribution in [0.15, 0.2) is 18.2 Å². The third kappa shape index (κ3) is 1.62. The molecule has 1 heterocycles. The molecule has 1 N–H and O–H groups in total. The predicted molar refractivity (Wildman–Crippen MR) is 52.8 cm³/mol. The van der Waals surface area contributed by atoms with Gasteiger partial charge in [-0.2, -0.15) is 0 Å². The van der Waals surface area contributed by atoms with E-state index in [0.717, 1.165) is 5.69 Å². The van der Waals surface area contributed by atoms with Crippen molar-refractivity contribution >= 4 is 11.5 Å². The van der Waals surface area contributed by atoms with E-state index < -0.39 is 0 Å². The molecule has 74 valence electrons. The SMILES string of the molecule is CC(=O)CC1Cc2c(F)cccc2N1. The number of benzene rings is 1.